The number of aromatic amines is 1. The van der Waals surface area contributed by atoms with E-state index in [1.54, 1.807) is 7.11 Å². The fourth-order valence-electron chi connectivity index (χ4n) is 4.15. The summed E-state index contributed by atoms with van der Waals surface area (Å²) in [7, 11) is 1.70. The van der Waals surface area contributed by atoms with E-state index in [1.807, 2.05) is 18.2 Å². The number of benzene rings is 2. The zero-order valence-electron chi connectivity index (χ0n) is 17.9. The number of methoxy groups -OCH3 is 1. The number of aliphatic imine (C=N–C) groups is 1. The van der Waals surface area contributed by atoms with E-state index in [0.29, 0.717) is 0 Å². The number of fused-ring (bicyclic) bond motifs is 1. The summed E-state index contributed by atoms with van der Waals surface area (Å²) >= 11 is 0. The average Bonchev–Trinajstić information content (AvgIpc) is 3.44. The molecule has 153 valence electrons. The van der Waals surface area contributed by atoms with Crippen molar-refractivity contribution in [3.63, 3.8) is 0 Å². The van der Waals surface area contributed by atoms with Crippen molar-refractivity contribution in [1.29, 1.82) is 0 Å². The lowest BCUT2D eigenvalue weighted by Gasteiger charge is -2.10. The van der Waals surface area contributed by atoms with Gasteiger partial charge < -0.3 is 14.3 Å². The molecule has 4 aromatic rings. The van der Waals surface area contributed by atoms with E-state index in [4.69, 9.17) is 9.73 Å². The van der Waals surface area contributed by atoms with Gasteiger partial charge in [0.05, 0.1) is 18.5 Å². The van der Waals surface area contributed by atoms with Gasteiger partial charge in [-0.25, -0.2) is 4.99 Å². The van der Waals surface area contributed by atoms with Crippen LogP contribution >= 0.6 is 0 Å². The number of para-hydroxylation sites is 1. The molecule has 4 nitrogen and oxygen atoms in total. The number of aromatic nitrogens is 2. The zero-order valence-corrected chi connectivity index (χ0v) is 17.9. The molecule has 3 heterocycles. The molecule has 0 bridgehead atoms. The Morgan fingerprint density at radius 3 is 2.65 bits per heavy atom. The van der Waals surface area contributed by atoms with E-state index >= 15 is 0 Å². The van der Waals surface area contributed by atoms with Crippen molar-refractivity contribution >= 4 is 22.7 Å². The van der Waals surface area contributed by atoms with Gasteiger partial charge in [-0.05, 0) is 55.3 Å². The van der Waals surface area contributed by atoms with E-state index in [2.05, 4.69) is 84.1 Å². The summed E-state index contributed by atoms with van der Waals surface area (Å²) in [5.74, 6) is 0.771. The van der Waals surface area contributed by atoms with Crippen molar-refractivity contribution in [2.45, 2.75) is 20.4 Å². The molecule has 1 aliphatic rings. The second kappa shape index (κ2) is 7.80. The van der Waals surface area contributed by atoms with Gasteiger partial charge in [-0.3, -0.25) is 0 Å². The topological polar surface area (TPSA) is 42.3 Å². The third kappa shape index (κ3) is 3.61. The molecule has 0 spiro atoms. The summed E-state index contributed by atoms with van der Waals surface area (Å²) in [6.45, 7) is 4.92. The standard InChI is InChI=1S/C27H24N3O/c1-18-13-19(2)28-22(18)15-24-27(31-3)16-23(29-24)26-14-21-11-7-8-12-25(21)30(26)17-20-9-5-4-6-10-20/h5-16,28H,17H2,1-3H3/b24-15-. The molecule has 1 radical (unpaired) electrons. The highest BCUT2D eigenvalue weighted by molar-refractivity contribution is 6.13. The van der Waals surface area contributed by atoms with Gasteiger partial charge in [0.25, 0.3) is 0 Å². The van der Waals surface area contributed by atoms with Crippen LogP contribution in [0.3, 0.4) is 0 Å². The predicted octanol–water partition coefficient (Wildman–Crippen LogP) is 5.81. The number of hydrogen-bond acceptors (Lipinski definition) is 2. The Balaban J connectivity index is 1.62. The molecule has 31 heavy (non-hydrogen) atoms. The first-order valence-electron chi connectivity index (χ1n) is 10.4. The minimum Gasteiger partial charge on any atom is -0.494 e. The molecule has 0 saturated heterocycles. The summed E-state index contributed by atoms with van der Waals surface area (Å²) < 4.78 is 8.00. The lowest BCUT2D eigenvalue weighted by molar-refractivity contribution is 0.303. The van der Waals surface area contributed by atoms with E-state index in [-0.39, 0.29) is 0 Å². The SMILES string of the molecule is COC1=CC(c2cc3ccccc3n2Cc2cc[c]cc2)=N/C1=C\c1[nH]c(C)cc1C. The summed E-state index contributed by atoms with van der Waals surface area (Å²) in [4.78, 5) is 8.37. The van der Waals surface area contributed by atoms with Gasteiger partial charge >= 0.3 is 0 Å². The third-order valence-corrected chi connectivity index (χ3v) is 5.65. The molecule has 1 aliphatic heterocycles. The maximum Gasteiger partial charge on any atom is 0.146 e. The maximum atomic E-state index is 5.68. The molecule has 2 aromatic heterocycles. The van der Waals surface area contributed by atoms with E-state index in [0.717, 1.165) is 40.8 Å². The van der Waals surface area contributed by atoms with Gasteiger partial charge in [0, 0.05) is 34.9 Å². The maximum absolute atomic E-state index is 5.68. The fourth-order valence-corrected chi connectivity index (χ4v) is 4.15. The van der Waals surface area contributed by atoms with Crippen molar-refractivity contribution in [2.75, 3.05) is 7.11 Å². The summed E-state index contributed by atoms with van der Waals surface area (Å²) in [5, 5.41) is 1.20. The van der Waals surface area contributed by atoms with Gasteiger partial charge in [0.1, 0.15) is 11.5 Å². The Morgan fingerprint density at radius 2 is 1.90 bits per heavy atom. The normalized spacial score (nSPS) is 14.9. The van der Waals surface area contributed by atoms with E-state index in [1.165, 1.54) is 22.0 Å². The Labute approximate surface area is 182 Å². The molecule has 0 aliphatic carbocycles. The van der Waals surface area contributed by atoms with Crippen molar-refractivity contribution < 1.29 is 4.74 Å². The van der Waals surface area contributed by atoms with Crippen molar-refractivity contribution in [1.82, 2.24) is 9.55 Å². The van der Waals surface area contributed by atoms with Crippen LogP contribution in [0, 0.1) is 19.9 Å². The molecule has 2 aromatic carbocycles. The van der Waals surface area contributed by atoms with Crippen LogP contribution in [-0.2, 0) is 11.3 Å². The number of nitrogens with one attached hydrogen (secondary N) is 1. The second-order valence-electron chi connectivity index (χ2n) is 7.87. The van der Waals surface area contributed by atoms with Gasteiger partial charge in [-0.1, -0.05) is 42.5 Å². The van der Waals surface area contributed by atoms with Gasteiger partial charge in [-0.2, -0.15) is 0 Å². The first-order chi connectivity index (χ1) is 15.1. The fraction of sp³-hybridized carbons (Fsp3) is 0.148. The van der Waals surface area contributed by atoms with Crippen LogP contribution in [0.15, 0.2) is 83.2 Å². The lowest BCUT2D eigenvalue weighted by Crippen LogP contribution is -2.08. The number of ether oxygens (including phenoxy) is 1. The number of H-pyrrole nitrogens is 1. The lowest BCUT2D eigenvalue weighted by atomic mass is 10.2. The van der Waals surface area contributed by atoms with Crippen LogP contribution in [0.2, 0.25) is 0 Å². The zero-order chi connectivity index (χ0) is 21.4. The Kier molecular flexibility index (Phi) is 4.83. The summed E-state index contributed by atoms with van der Waals surface area (Å²) in [6, 6.07) is 24.0. The van der Waals surface area contributed by atoms with Crippen molar-refractivity contribution in [3.05, 3.63) is 112 Å². The molecular formula is C27H24N3O. The molecule has 5 rings (SSSR count). The van der Waals surface area contributed by atoms with Crippen LogP contribution in [-0.4, -0.2) is 22.4 Å². The Bertz CT molecular complexity index is 1350. The van der Waals surface area contributed by atoms with Crippen LogP contribution in [0.25, 0.3) is 17.0 Å². The number of nitrogens with zero attached hydrogens (tertiary/aromatic N) is 2. The highest BCUT2D eigenvalue weighted by atomic mass is 16.5. The molecule has 0 amide bonds. The minimum absolute atomic E-state index is 0.765. The van der Waals surface area contributed by atoms with Crippen LogP contribution in [0.1, 0.15) is 28.2 Å². The summed E-state index contributed by atoms with van der Waals surface area (Å²) in [6.07, 6.45) is 4.09. The number of aryl methyl sites for hydroxylation is 2. The van der Waals surface area contributed by atoms with Crippen molar-refractivity contribution in [3.8, 4) is 0 Å². The largest absolute Gasteiger partial charge is 0.494 e. The summed E-state index contributed by atoms with van der Waals surface area (Å²) in [5.41, 5.74) is 8.61. The van der Waals surface area contributed by atoms with Crippen LogP contribution in [0.4, 0.5) is 0 Å². The van der Waals surface area contributed by atoms with Crippen LogP contribution < -0.4 is 0 Å². The number of allylic oxidation sites excluding steroid dienone is 1. The third-order valence-electron chi connectivity index (χ3n) is 5.65. The molecule has 4 heteroatoms. The van der Waals surface area contributed by atoms with Crippen LogP contribution in [0.5, 0.6) is 0 Å². The molecule has 1 N–H and O–H groups in total. The van der Waals surface area contributed by atoms with Gasteiger partial charge in [-0.15, -0.1) is 0 Å². The minimum atomic E-state index is 0.765. The Hall–Kier alpha value is -3.79. The molecule has 0 saturated carbocycles. The number of rotatable bonds is 5. The molecule has 0 fully saturated rings. The Morgan fingerprint density at radius 1 is 1.10 bits per heavy atom. The van der Waals surface area contributed by atoms with E-state index in [9.17, 15) is 0 Å². The highest BCUT2D eigenvalue weighted by Gasteiger charge is 2.21. The average molecular weight is 407 g/mol. The second-order valence-corrected chi connectivity index (χ2v) is 7.87. The predicted molar refractivity (Wildman–Crippen MR) is 126 cm³/mol. The number of hydrogen-bond donors (Lipinski definition) is 1. The van der Waals surface area contributed by atoms with Crippen molar-refractivity contribution in [2.24, 2.45) is 4.99 Å². The molecule has 0 unspecified atom stereocenters. The van der Waals surface area contributed by atoms with Gasteiger partial charge in [0.2, 0.25) is 0 Å². The smallest absolute Gasteiger partial charge is 0.146 e. The molecular weight excluding hydrogens is 382 g/mol. The monoisotopic (exact) mass is 406 g/mol. The molecule has 0 atom stereocenters. The van der Waals surface area contributed by atoms with E-state index < -0.39 is 0 Å². The first kappa shape index (κ1) is 19.2. The quantitative estimate of drug-likeness (QED) is 0.447. The highest BCUT2D eigenvalue weighted by Crippen LogP contribution is 2.29. The van der Waals surface area contributed by atoms with Gasteiger partial charge in [0.15, 0.2) is 0 Å². The first-order valence-corrected chi connectivity index (χ1v) is 10.4.